The van der Waals surface area contributed by atoms with Crippen LogP contribution in [0, 0.1) is 0 Å². The molecule has 0 spiro atoms. The summed E-state index contributed by atoms with van der Waals surface area (Å²) in [5, 5.41) is 26.8. The average Bonchev–Trinajstić information content (AvgIpc) is 3.84. The summed E-state index contributed by atoms with van der Waals surface area (Å²) in [6, 6.07) is 56.8. The second-order valence-electron chi connectivity index (χ2n) is 12.4. The number of benzene rings is 8. The predicted octanol–water partition coefficient (Wildman–Crippen LogP) is 13.0. The maximum absolute atomic E-state index is 10.2. The Hall–Kier alpha value is -5.72. The third kappa shape index (κ3) is 6.49. The van der Waals surface area contributed by atoms with E-state index in [1.54, 1.807) is 34.8 Å². The molecule has 0 aliphatic rings. The monoisotopic (exact) mass is 770 g/mol. The molecule has 0 saturated carbocycles. The molecule has 2 N–H and O–H groups in total. The fourth-order valence-corrected chi connectivity index (χ4v) is 8.88. The fraction of sp³-hybridized carbons (Fsp3) is 0. The van der Waals surface area contributed by atoms with E-state index in [1.165, 1.54) is 33.0 Å². The van der Waals surface area contributed by atoms with Gasteiger partial charge in [0.2, 0.25) is 0 Å². The molecule has 0 aliphatic carbocycles. The summed E-state index contributed by atoms with van der Waals surface area (Å²) in [5.41, 5.74) is 8.35. The Morgan fingerprint density at radius 1 is 0.358 bits per heavy atom. The third-order valence-electron chi connectivity index (χ3n) is 9.24. The molecule has 2 aromatic heterocycles. The zero-order chi connectivity index (χ0) is 35.0. The number of hydrogen-bond donors (Lipinski definition) is 2. The molecule has 0 radical (unpaired) electrons. The summed E-state index contributed by atoms with van der Waals surface area (Å²) in [4.78, 5) is 9.73. The number of rotatable bonds is 4. The smallest absolute Gasteiger partial charge is 0.128 e. The van der Waals surface area contributed by atoms with Crippen molar-refractivity contribution < 1.29 is 29.7 Å². The van der Waals surface area contributed by atoms with Gasteiger partial charge >= 0.3 is 0 Å². The van der Waals surface area contributed by atoms with Crippen LogP contribution in [0.5, 0.6) is 11.5 Å². The first-order chi connectivity index (χ1) is 25.6. The number of phenols is 2. The standard InChI is InChI=1S/2C23H15NOS.Zn/c2*25-20-13-7-6-12-18(20)23-24-22-17-11-5-4-10-16(17)19(14-21(22)26-23)15-8-2-1-3-9-15;/h2*1-14,25H;. The molecule has 10 rings (SSSR count). The van der Waals surface area contributed by atoms with Crippen LogP contribution in [-0.2, 0) is 19.5 Å². The summed E-state index contributed by atoms with van der Waals surface area (Å²) >= 11 is 3.23. The van der Waals surface area contributed by atoms with Crippen molar-refractivity contribution in [1.29, 1.82) is 0 Å². The van der Waals surface area contributed by atoms with Crippen LogP contribution >= 0.6 is 22.7 Å². The van der Waals surface area contributed by atoms with Crippen molar-refractivity contribution in [3.05, 3.63) is 170 Å². The molecule has 0 amide bonds. The van der Waals surface area contributed by atoms with E-state index in [0.717, 1.165) is 52.3 Å². The van der Waals surface area contributed by atoms with E-state index >= 15 is 0 Å². The van der Waals surface area contributed by atoms with Crippen LogP contribution in [0.3, 0.4) is 0 Å². The van der Waals surface area contributed by atoms with E-state index in [-0.39, 0.29) is 31.0 Å². The zero-order valence-electron chi connectivity index (χ0n) is 28.5. The Kier molecular flexibility index (Phi) is 9.55. The molecule has 4 nitrogen and oxygen atoms in total. The van der Waals surface area contributed by atoms with Crippen molar-refractivity contribution in [2.75, 3.05) is 0 Å². The number of aromatic hydroxyl groups is 2. The molecule has 10 aromatic rings. The molecule has 8 aromatic carbocycles. The van der Waals surface area contributed by atoms with Gasteiger partial charge in [0, 0.05) is 30.3 Å². The minimum Gasteiger partial charge on any atom is -0.507 e. The normalized spacial score (nSPS) is 11.0. The van der Waals surface area contributed by atoms with E-state index in [9.17, 15) is 10.2 Å². The van der Waals surface area contributed by atoms with Crippen LogP contribution in [0.25, 0.3) is 85.4 Å². The summed E-state index contributed by atoms with van der Waals surface area (Å²) in [6.45, 7) is 0. The van der Waals surface area contributed by atoms with Gasteiger partial charge in [0.1, 0.15) is 21.5 Å². The molecule has 0 saturated heterocycles. The Morgan fingerprint density at radius 3 is 1.09 bits per heavy atom. The minimum absolute atomic E-state index is 0. The van der Waals surface area contributed by atoms with Gasteiger partial charge in [-0.05, 0) is 69.4 Å². The number of hydrogen-bond acceptors (Lipinski definition) is 6. The van der Waals surface area contributed by atoms with Crippen molar-refractivity contribution >= 4 is 64.7 Å². The molecular formula is C46H30N2O2S2Zn. The van der Waals surface area contributed by atoms with Gasteiger partial charge in [-0.3, -0.25) is 0 Å². The van der Waals surface area contributed by atoms with Crippen LogP contribution in [-0.4, -0.2) is 20.2 Å². The first kappa shape index (κ1) is 34.4. The average molecular weight is 772 g/mol. The summed E-state index contributed by atoms with van der Waals surface area (Å²) in [7, 11) is 0. The predicted molar refractivity (Wildman–Crippen MR) is 219 cm³/mol. The van der Waals surface area contributed by atoms with Gasteiger partial charge < -0.3 is 10.2 Å². The van der Waals surface area contributed by atoms with Crippen molar-refractivity contribution in [3.63, 3.8) is 0 Å². The van der Waals surface area contributed by atoms with Gasteiger partial charge in [-0.25, -0.2) is 9.97 Å². The zero-order valence-corrected chi connectivity index (χ0v) is 33.1. The number of phenolic OH excluding ortho intramolecular Hbond substituents is 2. The largest absolute Gasteiger partial charge is 0.507 e. The molecule has 53 heavy (non-hydrogen) atoms. The van der Waals surface area contributed by atoms with E-state index in [0.29, 0.717) is 0 Å². The number of thiazole rings is 2. The van der Waals surface area contributed by atoms with Crippen LogP contribution < -0.4 is 0 Å². The van der Waals surface area contributed by atoms with Crippen molar-refractivity contribution in [3.8, 4) is 54.9 Å². The first-order valence-electron chi connectivity index (χ1n) is 16.9. The molecule has 0 fully saturated rings. The summed E-state index contributed by atoms with van der Waals surface area (Å²) in [5.74, 6) is 0.526. The fourth-order valence-electron chi connectivity index (χ4n) is 6.76. The molecule has 250 valence electrons. The molecule has 2 heterocycles. The molecule has 0 bridgehead atoms. The van der Waals surface area contributed by atoms with Crippen LogP contribution in [0.15, 0.2) is 170 Å². The van der Waals surface area contributed by atoms with Crippen molar-refractivity contribution in [2.24, 2.45) is 0 Å². The Morgan fingerprint density at radius 2 is 0.698 bits per heavy atom. The molecular weight excluding hydrogens is 742 g/mol. The van der Waals surface area contributed by atoms with E-state index < -0.39 is 0 Å². The van der Waals surface area contributed by atoms with Crippen LogP contribution in [0.1, 0.15) is 0 Å². The van der Waals surface area contributed by atoms with Gasteiger partial charge in [-0.15, -0.1) is 22.7 Å². The molecule has 0 unspecified atom stereocenters. The topological polar surface area (TPSA) is 66.2 Å². The summed E-state index contributed by atoms with van der Waals surface area (Å²) < 4.78 is 2.25. The molecule has 0 aliphatic heterocycles. The van der Waals surface area contributed by atoms with Gasteiger partial charge in [-0.2, -0.15) is 0 Å². The van der Waals surface area contributed by atoms with Crippen molar-refractivity contribution in [1.82, 2.24) is 9.97 Å². The van der Waals surface area contributed by atoms with Gasteiger partial charge in [0.05, 0.1) is 31.6 Å². The maximum Gasteiger partial charge on any atom is 0.128 e. The van der Waals surface area contributed by atoms with Crippen molar-refractivity contribution in [2.45, 2.75) is 0 Å². The third-order valence-corrected chi connectivity index (χ3v) is 11.3. The number of fused-ring (bicyclic) bond motifs is 6. The minimum atomic E-state index is 0. The SMILES string of the molecule is Oc1ccccc1-c1nc2c(cc(-c3ccccc3)c3ccccc32)s1.Oc1ccccc1-c1nc2c(cc(-c3ccccc3)c3ccccc32)s1.[Zn]. The van der Waals surface area contributed by atoms with Gasteiger partial charge in [0.15, 0.2) is 0 Å². The van der Waals surface area contributed by atoms with E-state index in [1.807, 2.05) is 48.5 Å². The Bertz CT molecular complexity index is 2690. The molecule has 0 atom stereocenters. The van der Waals surface area contributed by atoms with E-state index in [4.69, 9.17) is 9.97 Å². The Labute approximate surface area is 327 Å². The number of para-hydroxylation sites is 2. The number of nitrogens with zero attached hydrogens (tertiary/aromatic N) is 2. The number of aromatic nitrogens is 2. The maximum atomic E-state index is 10.2. The quantitative estimate of drug-likeness (QED) is 0.175. The van der Waals surface area contributed by atoms with Crippen LogP contribution in [0.2, 0.25) is 0 Å². The van der Waals surface area contributed by atoms with Gasteiger partial charge in [0.25, 0.3) is 0 Å². The van der Waals surface area contributed by atoms with Crippen LogP contribution in [0.4, 0.5) is 0 Å². The van der Waals surface area contributed by atoms with Gasteiger partial charge in [-0.1, -0.05) is 133 Å². The Balaban J connectivity index is 0.000000148. The second kappa shape index (κ2) is 14.7. The van der Waals surface area contributed by atoms with E-state index in [2.05, 4.69) is 109 Å². The first-order valence-corrected chi connectivity index (χ1v) is 18.6. The molecule has 7 heteroatoms. The summed E-state index contributed by atoms with van der Waals surface area (Å²) in [6.07, 6.45) is 0. The second-order valence-corrected chi connectivity index (χ2v) is 14.5.